The molecule has 1 heterocycles. The molecule has 9 nitrogen and oxygen atoms in total. The summed E-state index contributed by atoms with van der Waals surface area (Å²) in [6.07, 6.45) is 1.34. The summed E-state index contributed by atoms with van der Waals surface area (Å²) in [5.74, 6) is -1.87. The third-order valence-corrected chi connectivity index (χ3v) is 4.66. The molecule has 3 rings (SSSR count). The molecule has 1 aromatic heterocycles. The molecule has 9 heteroatoms. The molecule has 0 unspecified atom stereocenters. The van der Waals surface area contributed by atoms with Crippen LogP contribution in [0.15, 0.2) is 78.0 Å². The minimum atomic E-state index is -0.970. The monoisotopic (exact) mass is 460 g/mol. The van der Waals surface area contributed by atoms with Crippen molar-refractivity contribution in [1.29, 1.82) is 0 Å². The van der Waals surface area contributed by atoms with E-state index in [4.69, 9.17) is 9.47 Å². The van der Waals surface area contributed by atoms with Crippen LogP contribution in [0.5, 0.6) is 11.5 Å². The van der Waals surface area contributed by atoms with Crippen LogP contribution >= 0.6 is 0 Å². The number of hydrogen-bond acceptors (Lipinski definition) is 7. The summed E-state index contributed by atoms with van der Waals surface area (Å²) in [5, 5.41) is 6.84. The molecule has 0 spiro atoms. The Morgan fingerprint density at radius 2 is 1.53 bits per heavy atom. The van der Waals surface area contributed by atoms with Crippen molar-refractivity contribution in [3.05, 3.63) is 89.7 Å². The third-order valence-electron chi connectivity index (χ3n) is 4.66. The number of carbonyl (C=O) groups is 3. The van der Waals surface area contributed by atoms with E-state index in [9.17, 15) is 14.4 Å². The van der Waals surface area contributed by atoms with E-state index in [-0.39, 0.29) is 17.2 Å². The quantitative estimate of drug-likeness (QED) is 0.303. The lowest BCUT2D eigenvalue weighted by Crippen LogP contribution is -2.44. The van der Waals surface area contributed by atoms with Gasteiger partial charge in [0.2, 0.25) is 5.75 Å². The molecule has 2 N–H and O–H groups in total. The highest BCUT2D eigenvalue weighted by molar-refractivity contribution is 6.13. The lowest BCUT2D eigenvalue weighted by atomic mass is 10.0. The number of ether oxygens (including phenoxy) is 2. The number of methoxy groups -OCH3 is 1. The number of pyridine rings is 1. The van der Waals surface area contributed by atoms with Crippen molar-refractivity contribution in [3.63, 3.8) is 0 Å². The molecule has 0 fully saturated rings. The van der Waals surface area contributed by atoms with E-state index < -0.39 is 23.8 Å². The highest BCUT2D eigenvalue weighted by Crippen LogP contribution is 2.29. The van der Waals surface area contributed by atoms with Crippen LogP contribution in [0.25, 0.3) is 0 Å². The topological polar surface area (TPSA) is 119 Å². The van der Waals surface area contributed by atoms with Gasteiger partial charge in [-0.1, -0.05) is 60.7 Å². The number of esters is 1. The maximum Gasteiger partial charge on any atom is 0.308 e. The maximum atomic E-state index is 12.8. The first-order valence-corrected chi connectivity index (χ1v) is 10.4. The SMILES string of the molecule is COc1ccnc(C(=O)N[C@@H](C)C(=O)NN=C(c2ccccc2)c2ccccc2)c1OC(C)=O. The molecule has 0 bridgehead atoms. The van der Waals surface area contributed by atoms with Crippen LogP contribution in [-0.4, -0.2) is 41.6 Å². The zero-order valence-electron chi connectivity index (χ0n) is 18.9. The maximum absolute atomic E-state index is 12.8. The van der Waals surface area contributed by atoms with Gasteiger partial charge in [-0.3, -0.25) is 14.4 Å². The lowest BCUT2D eigenvalue weighted by Gasteiger charge is -2.15. The van der Waals surface area contributed by atoms with E-state index in [0.29, 0.717) is 5.71 Å². The number of carbonyl (C=O) groups excluding carboxylic acids is 3. The fourth-order valence-electron chi connectivity index (χ4n) is 3.02. The number of amides is 2. The molecule has 0 aliphatic heterocycles. The van der Waals surface area contributed by atoms with Gasteiger partial charge in [-0.15, -0.1) is 0 Å². The first-order chi connectivity index (χ1) is 16.4. The molecule has 0 aliphatic carbocycles. The normalized spacial score (nSPS) is 11.0. The van der Waals surface area contributed by atoms with Crippen LogP contribution in [0.1, 0.15) is 35.5 Å². The minimum Gasteiger partial charge on any atom is -0.493 e. The summed E-state index contributed by atoms with van der Waals surface area (Å²) >= 11 is 0. The van der Waals surface area contributed by atoms with Crippen LogP contribution in [-0.2, 0) is 9.59 Å². The second-order valence-electron chi connectivity index (χ2n) is 7.15. The molecular formula is C25H24N4O5. The van der Waals surface area contributed by atoms with E-state index in [2.05, 4.69) is 20.8 Å². The zero-order valence-corrected chi connectivity index (χ0v) is 18.9. The van der Waals surface area contributed by atoms with Gasteiger partial charge in [0.15, 0.2) is 11.4 Å². The number of rotatable bonds is 8. The third kappa shape index (κ3) is 6.04. The summed E-state index contributed by atoms with van der Waals surface area (Å²) in [4.78, 5) is 40.9. The number of hydrazone groups is 1. The van der Waals surface area contributed by atoms with E-state index in [1.54, 1.807) is 0 Å². The summed E-state index contributed by atoms with van der Waals surface area (Å²) in [6, 6.07) is 19.3. The standard InChI is InChI=1S/C25H24N4O5/c1-16(27-25(32)22-23(34-17(2)30)20(33-3)14-15-26-22)24(31)29-28-21(18-10-6-4-7-11-18)19-12-8-5-9-13-19/h4-16H,1-3H3,(H,27,32)(H,29,31)/t16-/m0/s1. The average molecular weight is 460 g/mol. The second kappa shape index (κ2) is 11.4. The van der Waals surface area contributed by atoms with Gasteiger partial charge in [-0.2, -0.15) is 5.10 Å². The van der Waals surface area contributed by atoms with Gasteiger partial charge in [0.05, 0.1) is 12.8 Å². The summed E-state index contributed by atoms with van der Waals surface area (Å²) < 4.78 is 10.2. The van der Waals surface area contributed by atoms with Gasteiger partial charge in [0, 0.05) is 30.3 Å². The van der Waals surface area contributed by atoms with Crippen molar-refractivity contribution in [1.82, 2.24) is 15.7 Å². The van der Waals surface area contributed by atoms with Gasteiger partial charge < -0.3 is 14.8 Å². The molecule has 0 aliphatic rings. The van der Waals surface area contributed by atoms with Gasteiger partial charge in [0.25, 0.3) is 11.8 Å². The number of nitrogens with zero attached hydrogens (tertiary/aromatic N) is 2. The molecule has 174 valence electrons. The lowest BCUT2D eigenvalue weighted by molar-refractivity contribution is -0.132. The fraction of sp³-hybridized carbons (Fsp3) is 0.160. The molecular weight excluding hydrogens is 436 g/mol. The molecule has 34 heavy (non-hydrogen) atoms. The first-order valence-electron chi connectivity index (χ1n) is 10.4. The number of hydrogen-bond donors (Lipinski definition) is 2. The van der Waals surface area contributed by atoms with Gasteiger partial charge in [0.1, 0.15) is 6.04 Å². The van der Waals surface area contributed by atoms with Crippen LogP contribution in [0.2, 0.25) is 0 Å². The average Bonchev–Trinajstić information content (AvgIpc) is 2.85. The molecule has 0 saturated heterocycles. The molecule has 0 radical (unpaired) electrons. The zero-order chi connectivity index (χ0) is 24.5. The van der Waals surface area contributed by atoms with Crippen molar-refractivity contribution in [2.75, 3.05) is 7.11 Å². The number of nitrogens with one attached hydrogen (secondary N) is 2. The Morgan fingerprint density at radius 3 is 2.06 bits per heavy atom. The Labute approximate surface area is 196 Å². The van der Waals surface area contributed by atoms with E-state index in [1.807, 2.05) is 60.7 Å². The summed E-state index contributed by atoms with van der Waals surface area (Å²) in [6.45, 7) is 2.69. The van der Waals surface area contributed by atoms with Crippen molar-refractivity contribution >= 4 is 23.5 Å². The Balaban J connectivity index is 1.77. The van der Waals surface area contributed by atoms with Gasteiger partial charge >= 0.3 is 5.97 Å². The number of benzene rings is 2. The Hall–Kier alpha value is -4.53. The largest absolute Gasteiger partial charge is 0.493 e. The van der Waals surface area contributed by atoms with Crippen molar-refractivity contribution in [3.8, 4) is 11.5 Å². The van der Waals surface area contributed by atoms with Crippen LogP contribution in [0.3, 0.4) is 0 Å². The second-order valence-corrected chi connectivity index (χ2v) is 7.15. The van der Waals surface area contributed by atoms with Crippen molar-refractivity contribution < 1.29 is 23.9 Å². The molecule has 2 aromatic carbocycles. The molecule has 3 aromatic rings. The smallest absolute Gasteiger partial charge is 0.308 e. The van der Waals surface area contributed by atoms with Crippen molar-refractivity contribution in [2.45, 2.75) is 19.9 Å². The Morgan fingerprint density at radius 1 is 0.941 bits per heavy atom. The van der Waals surface area contributed by atoms with Gasteiger partial charge in [-0.05, 0) is 6.92 Å². The van der Waals surface area contributed by atoms with Gasteiger partial charge in [-0.25, -0.2) is 10.4 Å². The minimum absolute atomic E-state index is 0.129. The van der Waals surface area contributed by atoms with E-state index in [0.717, 1.165) is 11.1 Å². The van der Waals surface area contributed by atoms with E-state index in [1.165, 1.54) is 33.2 Å². The molecule has 1 atom stereocenters. The van der Waals surface area contributed by atoms with Crippen LogP contribution < -0.4 is 20.2 Å². The Kier molecular flexibility index (Phi) is 8.07. The fourth-order valence-corrected chi connectivity index (χ4v) is 3.02. The van der Waals surface area contributed by atoms with Crippen LogP contribution in [0, 0.1) is 0 Å². The van der Waals surface area contributed by atoms with Crippen molar-refractivity contribution in [2.24, 2.45) is 5.10 Å². The molecule has 0 saturated carbocycles. The summed E-state index contributed by atoms with van der Waals surface area (Å²) in [7, 11) is 1.37. The predicted octanol–water partition coefficient (Wildman–Crippen LogP) is 2.70. The van der Waals surface area contributed by atoms with Crippen LogP contribution in [0.4, 0.5) is 0 Å². The summed E-state index contributed by atoms with van der Waals surface area (Å²) in [5.41, 5.74) is 4.52. The highest BCUT2D eigenvalue weighted by atomic mass is 16.6. The highest BCUT2D eigenvalue weighted by Gasteiger charge is 2.24. The first kappa shape index (κ1) is 24.1. The predicted molar refractivity (Wildman–Crippen MR) is 126 cm³/mol. The van der Waals surface area contributed by atoms with E-state index >= 15 is 0 Å². The Bertz CT molecular complexity index is 1150. The molecule has 2 amide bonds. The number of aromatic nitrogens is 1.